The molecule has 0 unspecified atom stereocenters. The minimum atomic E-state index is -0.989. The summed E-state index contributed by atoms with van der Waals surface area (Å²) in [6.45, 7) is 0.456. The molecular weight excluding hydrogens is 280 g/mol. The van der Waals surface area contributed by atoms with E-state index in [1.807, 2.05) is 18.2 Å². The zero-order valence-corrected chi connectivity index (χ0v) is 11.6. The van der Waals surface area contributed by atoms with Gasteiger partial charge >= 0.3 is 6.09 Å². The first-order chi connectivity index (χ1) is 9.65. The Morgan fingerprint density at radius 3 is 2.75 bits per heavy atom. The average Bonchev–Trinajstić information content (AvgIpc) is 2.87. The second-order valence-corrected chi connectivity index (χ2v) is 4.81. The van der Waals surface area contributed by atoms with Gasteiger partial charge in [-0.15, -0.1) is 0 Å². The van der Waals surface area contributed by atoms with Crippen molar-refractivity contribution in [3.05, 3.63) is 41.0 Å². The third kappa shape index (κ3) is 4.28. The zero-order chi connectivity index (χ0) is 14.4. The molecule has 20 heavy (non-hydrogen) atoms. The topological polar surface area (TPSA) is 75.4 Å². The number of halogens is 1. The number of amides is 1. The molecule has 6 heteroatoms. The Hall–Kier alpha value is -2.01. The zero-order valence-electron chi connectivity index (χ0n) is 10.8. The lowest BCUT2D eigenvalue weighted by molar-refractivity contribution is 0.194. The molecule has 1 aromatic carbocycles. The van der Waals surface area contributed by atoms with Gasteiger partial charge in [0.1, 0.15) is 0 Å². The van der Waals surface area contributed by atoms with Crippen LogP contribution in [0.25, 0.3) is 11.3 Å². The summed E-state index contributed by atoms with van der Waals surface area (Å²) in [4.78, 5) is 10.3. The van der Waals surface area contributed by atoms with Crippen molar-refractivity contribution < 1.29 is 14.4 Å². The number of hydrogen-bond acceptors (Lipinski definition) is 3. The number of nitrogens with zero attached hydrogens (tertiary/aromatic N) is 1. The molecule has 0 aliphatic heterocycles. The van der Waals surface area contributed by atoms with Gasteiger partial charge in [-0.2, -0.15) is 0 Å². The minimum absolute atomic E-state index is 0.456. The van der Waals surface area contributed by atoms with Crippen LogP contribution in [0.1, 0.15) is 18.5 Å². The molecule has 1 aromatic heterocycles. The van der Waals surface area contributed by atoms with Crippen LogP contribution in [0.2, 0.25) is 5.02 Å². The molecule has 0 saturated heterocycles. The van der Waals surface area contributed by atoms with E-state index < -0.39 is 6.09 Å². The predicted octanol–water partition coefficient (Wildman–Crippen LogP) is 3.59. The Bertz CT molecular complexity index is 566. The molecule has 106 valence electrons. The lowest BCUT2D eigenvalue weighted by Gasteiger charge is -1.98. The molecule has 2 rings (SSSR count). The van der Waals surface area contributed by atoms with Gasteiger partial charge in [-0.3, -0.25) is 0 Å². The second-order valence-electron chi connectivity index (χ2n) is 4.38. The number of hydrogen-bond donors (Lipinski definition) is 2. The number of carbonyl (C=O) groups is 1. The molecule has 0 aliphatic carbocycles. The monoisotopic (exact) mass is 294 g/mol. The number of unbranched alkanes of at least 4 members (excludes halogenated alkanes) is 1. The fourth-order valence-corrected chi connectivity index (χ4v) is 1.93. The van der Waals surface area contributed by atoms with Gasteiger partial charge in [0.2, 0.25) is 0 Å². The normalized spacial score (nSPS) is 10.4. The SMILES string of the molecule is O=C(O)NCCCCc1cc(-c2ccc(Cl)cc2)on1. The predicted molar refractivity (Wildman–Crippen MR) is 75.9 cm³/mol. The average molecular weight is 295 g/mol. The summed E-state index contributed by atoms with van der Waals surface area (Å²) in [6.07, 6.45) is 1.40. The summed E-state index contributed by atoms with van der Waals surface area (Å²) in [5, 5.41) is 15.4. The molecule has 0 fully saturated rings. The second kappa shape index (κ2) is 6.96. The van der Waals surface area contributed by atoms with E-state index in [1.165, 1.54) is 0 Å². The fraction of sp³-hybridized carbons (Fsp3) is 0.286. The van der Waals surface area contributed by atoms with Gasteiger partial charge in [-0.25, -0.2) is 4.79 Å². The molecule has 2 N–H and O–H groups in total. The van der Waals surface area contributed by atoms with E-state index in [-0.39, 0.29) is 0 Å². The first-order valence-electron chi connectivity index (χ1n) is 6.33. The minimum Gasteiger partial charge on any atom is -0.465 e. The first-order valence-corrected chi connectivity index (χ1v) is 6.71. The maximum absolute atomic E-state index is 10.3. The van der Waals surface area contributed by atoms with Crippen molar-refractivity contribution in [2.24, 2.45) is 0 Å². The van der Waals surface area contributed by atoms with Gasteiger partial charge in [0.15, 0.2) is 5.76 Å². The quantitative estimate of drug-likeness (QED) is 0.798. The largest absolute Gasteiger partial charge is 0.465 e. The number of aryl methyl sites for hydroxylation is 1. The molecule has 0 bridgehead atoms. The molecular formula is C14H15ClN2O3. The van der Waals surface area contributed by atoms with Crippen molar-refractivity contribution >= 4 is 17.7 Å². The third-order valence-electron chi connectivity index (χ3n) is 2.82. The third-order valence-corrected chi connectivity index (χ3v) is 3.08. The molecule has 1 heterocycles. The Morgan fingerprint density at radius 2 is 2.05 bits per heavy atom. The summed E-state index contributed by atoms with van der Waals surface area (Å²) >= 11 is 5.83. The number of rotatable bonds is 6. The Kier molecular flexibility index (Phi) is 5.01. The van der Waals surface area contributed by atoms with Crippen LogP contribution < -0.4 is 5.32 Å². The summed E-state index contributed by atoms with van der Waals surface area (Å²) in [5.41, 5.74) is 1.80. The molecule has 0 saturated carbocycles. The van der Waals surface area contributed by atoms with Gasteiger partial charge in [-0.1, -0.05) is 16.8 Å². The molecule has 5 nitrogen and oxygen atoms in total. The van der Waals surface area contributed by atoms with Crippen LogP contribution in [0.3, 0.4) is 0 Å². The molecule has 1 amide bonds. The van der Waals surface area contributed by atoms with Crippen LogP contribution in [0, 0.1) is 0 Å². The Labute approximate surface area is 121 Å². The van der Waals surface area contributed by atoms with Crippen LogP contribution in [0.4, 0.5) is 4.79 Å². The van der Waals surface area contributed by atoms with Crippen molar-refractivity contribution in [1.82, 2.24) is 10.5 Å². The van der Waals surface area contributed by atoms with Gasteiger partial charge in [-0.05, 0) is 43.5 Å². The Balaban J connectivity index is 1.83. The van der Waals surface area contributed by atoms with Gasteiger partial charge < -0.3 is 14.9 Å². The molecule has 0 spiro atoms. The van der Waals surface area contributed by atoms with E-state index in [0.717, 1.165) is 30.5 Å². The highest BCUT2D eigenvalue weighted by molar-refractivity contribution is 6.30. The summed E-state index contributed by atoms with van der Waals surface area (Å²) < 4.78 is 5.28. The molecule has 0 aliphatic rings. The van der Waals surface area contributed by atoms with Crippen LogP contribution in [-0.4, -0.2) is 22.9 Å². The van der Waals surface area contributed by atoms with Crippen molar-refractivity contribution in [3.63, 3.8) is 0 Å². The molecule has 2 aromatic rings. The number of carboxylic acid groups (broad SMARTS) is 1. The van der Waals surface area contributed by atoms with Crippen LogP contribution in [-0.2, 0) is 6.42 Å². The highest BCUT2D eigenvalue weighted by Gasteiger charge is 2.06. The maximum atomic E-state index is 10.3. The highest BCUT2D eigenvalue weighted by Crippen LogP contribution is 2.22. The number of aromatic nitrogens is 1. The van der Waals surface area contributed by atoms with E-state index in [9.17, 15) is 4.79 Å². The molecule has 0 radical (unpaired) electrons. The fourth-order valence-electron chi connectivity index (χ4n) is 1.81. The number of benzene rings is 1. The first kappa shape index (κ1) is 14.4. The van der Waals surface area contributed by atoms with Crippen LogP contribution in [0.15, 0.2) is 34.9 Å². The lowest BCUT2D eigenvalue weighted by Crippen LogP contribution is -2.21. The van der Waals surface area contributed by atoms with Crippen molar-refractivity contribution in [1.29, 1.82) is 0 Å². The van der Waals surface area contributed by atoms with Crippen LogP contribution in [0.5, 0.6) is 0 Å². The number of nitrogens with one attached hydrogen (secondary N) is 1. The van der Waals surface area contributed by atoms with E-state index in [4.69, 9.17) is 21.2 Å². The maximum Gasteiger partial charge on any atom is 0.404 e. The molecule has 0 atom stereocenters. The van der Waals surface area contributed by atoms with E-state index in [2.05, 4.69) is 10.5 Å². The van der Waals surface area contributed by atoms with E-state index in [1.54, 1.807) is 12.1 Å². The van der Waals surface area contributed by atoms with E-state index >= 15 is 0 Å². The van der Waals surface area contributed by atoms with E-state index in [0.29, 0.717) is 17.3 Å². The van der Waals surface area contributed by atoms with Crippen molar-refractivity contribution in [2.45, 2.75) is 19.3 Å². The van der Waals surface area contributed by atoms with Crippen LogP contribution >= 0.6 is 11.6 Å². The van der Waals surface area contributed by atoms with Gasteiger partial charge in [0.05, 0.1) is 5.69 Å². The summed E-state index contributed by atoms with van der Waals surface area (Å²) in [7, 11) is 0. The summed E-state index contributed by atoms with van der Waals surface area (Å²) in [5.74, 6) is 0.709. The highest BCUT2D eigenvalue weighted by atomic mass is 35.5. The van der Waals surface area contributed by atoms with Gasteiger partial charge in [0, 0.05) is 23.2 Å². The van der Waals surface area contributed by atoms with Crippen molar-refractivity contribution in [2.75, 3.05) is 6.54 Å². The van der Waals surface area contributed by atoms with Gasteiger partial charge in [0.25, 0.3) is 0 Å². The Morgan fingerprint density at radius 1 is 1.30 bits per heavy atom. The lowest BCUT2D eigenvalue weighted by atomic mass is 10.1. The van der Waals surface area contributed by atoms with Crippen molar-refractivity contribution in [3.8, 4) is 11.3 Å². The standard InChI is InChI=1S/C14H15ClN2O3/c15-11-6-4-10(5-7-11)13-9-12(17-20-13)3-1-2-8-16-14(18)19/h4-7,9,16H,1-3,8H2,(H,18,19). The smallest absolute Gasteiger partial charge is 0.404 e. The summed E-state index contributed by atoms with van der Waals surface area (Å²) in [6, 6.07) is 9.26.